The van der Waals surface area contributed by atoms with Gasteiger partial charge < -0.3 is 18.9 Å². The third-order valence-corrected chi connectivity index (χ3v) is 6.30. The lowest BCUT2D eigenvalue weighted by Gasteiger charge is -2.30. The molecule has 0 bridgehead atoms. The van der Waals surface area contributed by atoms with Gasteiger partial charge in [0.05, 0.1) is 19.8 Å². The number of ketones is 1. The van der Waals surface area contributed by atoms with Gasteiger partial charge in [0.1, 0.15) is 29.7 Å². The van der Waals surface area contributed by atoms with Crippen molar-refractivity contribution in [2.24, 2.45) is 0 Å². The number of ether oxygens (including phenoxy) is 4. The van der Waals surface area contributed by atoms with Crippen LogP contribution in [0.3, 0.4) is 0 Å². The first-order valence-electron chi connectivity index (χ1n) is 10.9. The van der Waals surface area contributed by atoms with Crippen LogP contribution < -0.4 is 18.9 Å². The third kappa shape index (κ3) is 4.11. The summed E-state index contributed by atoms with van der Waals surface area (Å²) in [5, 5.41) is 0.713. The van der Waals surface area contributed by atoms with E-state index >= 15 is 0 Å². The Morgan fingerprint density at radius 1 is 1.06 bits per heavy atom. The fourth-order valence-corrected chi connectivity index (χ4v) is 4.45. The SMILES string of the molecule is COc1ccc(/C=C2\Oc3c(cc4c(c3C)OCN(Cc3ccc(Cl)cc3)C4)C2=O)c(OC)c1. The number of hydrogen-bond donors (Lipinski definition) is 0. The molecule has 0 N–H and O–H groups in total. The molecule has 0 saturated carbocycles. The van der Waals surface area contributed by atoms with Crippen LogP contribution >= 0.6 is 11.6 Å². The number of hydrogen-bond acceptors (Lipinski definition) is 6. The quantitative estimate of drug-likeness (QED) is 0.444. The van der Waals surface area contributed by atoms with E-state index < -0.39 is 0 Å². The van der Waals surface area contributed by atoms with Gasteiger partial charge in [0.25, 0.3) is 0 Å². The first-order valence-corrected chi connectivity index (χ1v) is 11.3. The molecule has 0 amide bonds. The molecule has 0 fully saturated rings. The van der Waals surface area contributed by atoms with Gasteiger partial charge in [0.2, 0.25) is 5.78 Å². The summed E-state index contributed by atoms with van der Waals surface area (Å²) in [5.74, 6) is 2.69. The van der Waals surface area contributed by atoms with E-state index in [-0.39, 0.29) is 11.5 Å². The zero-order chi connectivity index (χ0) is 23.8. The highest BCUT2D eigenvalue weighted by Crippen LogP contribution is 2.43. The van der Waals surface area contributed by atoms with Crippen LogP contribution in [-0.2, 0) is 13.1 Å². The molecule has 0 atom stereocenters. The molecule has 2 aliphatic heterocycles. The number of carbonyl (C=O) groups excluding carboxylic acids is 1. The van der Waals surface area contributed by atoms with E-state index in [1.807, 2.05) is 49.4 Å². The predicted octanol–water partition coefficient (Wildman–Crippen LogP) is 5.63. The van der Waals surface area contributed by atoms with E-state index in [0.717, 1.165) is 34.5 Å². The highest BCUT2D eigenvalue weighted by Gasteiger charge is 2.33. The molecule has 3 aromatic carbocycles. The minimum Gasteiger partial charge on any atom is -0.497 e. The fourth-order valence-electron chi connectivity index (χ4n) is 4.32. The second kappa shape index (κ2) is 9.05. The molecule has 0 radical (unpaired) electrons. The summed E-state index contributed by atoms with van der Waals surface area (Å²) < 4.78 is 22.8. The number of nitrogens with zero attached hydrogens (tertiary/aromatic N) is 1. The predicted molar refractivity (Wildman–Crippen MR) is 130 cm³/mol. The van der Waals surface area contributed by atoms with Gasteiger partial charge in [-0.25, -0.2) is 0 Å². The van der Waals surface area contributed by atoms with Gasteiger partial charge in [-0.2, -0.15) is 0 Å². The Balaban J connectivity index is 1.42. The van der Waals surface area contributed by atoms with Crippen molar-refractivity contribution < 1.29 is 23.7 Å². The zero-order valence-corrected chi connectivity index (χ0v) is 19.9. The normalized spacial score (nSPS) is 16.0. The van der Waals surface area contributed by atoms with Crippen LogP contribution in [0.2, 0.25) is 5.02 Å². The Hall–Kier alpha value is -3.48. The molecule has 2 aliphatic rings. The summed E-state index contributed by atoms with van der Waals surface area (Å²) in [6.45, 7) is 3.77. The van der Waals surface area contributed by atoms with Crippen molar-refractivity contribution >= 4 is 23.5 Å². The van der Waals surface area contributed by atoms with Crippen LogP contribution in [0, 0.1) is 6.92 Å². The molecule has 0 aromatic heterocycles. The van der Waals surface area contributed by atoms with Crippen LogP contribution in [-0.4, -0.2) is 31.6 Å². The minimum atomic E-state index is -0.159. The standard InChI is InChI=1S/C27H24ClNO5/c1-16-26-19(14-29(15-33-26)13-17-4-7-20(28)8-5-17)10-22-25(30)24(34-27(16)22)11-18-6-9-21(31-2)12-23(18)32-3/h4-12H,13-15H2,1-3H3/b24-11-. The van der Waals surface area contributed by atoms with Gasteiger partial charge >= 0.3 is 0 Å². The molecule has 7 heteroatoms. The van der Waals surface area contributed by atoms with Crippen molar-refractivity contribution in [1.29, 1.82) is 0 Å². The number of Topliss-reactive ketones (excluding diaryl/α,β-unsaturated/α-hetero) is 1. The summed E-state index contributed by atoms with van der Waals surface area (Å²) >= 11 is 6.00. The van der Waals surface area contributed by atoms with E-state index in [9.17, 15) is 4.79 Å². The lowest BCUT2D eigenvalue weighted by Crippen LogP contribution is -2.32. The maximum atomic E-state index is 13.2. The Bertz CT molecular complexity index is 1300. The van der Waals surface area contributed by atoms with E-state index in [2.05, 4.69) is 4.90 Å². The van der Waals surface area contributed by atoms with E-state index in [1.54, 1.807) is 26.4 Å². The lowest BCUT2D eigenvalue weighted by atomic mass is 9.99. The largest absolute Gasteiger partial charge is 0.497 e. The molecule has 0 spiro atoms. The summed E-state index contributed by atoms with van der Waals surface area (Å²) in [4.78, 5) is 15.4. The summed E-state index contributed by atoms with van der Waals surface area (Å²) in [7, 11) is 3.17. The zero-order valence-electron chi connectivity index (χ0n) is 19.2. The van der Waals surface area contributed by atoms with Gasteiger partial charge in [-0.05, 0) is 48.9 Å². The van der Waals surface area contributed by atoms with E-state index in [1.165, 1.54) is 0 Å². The van der Waals surface area contributed by atoms with Crippen LogP contribution in [0.15, 0.2) is 54.3 Å². The molecule has 6 nitrogen and oxygen atoms in total. The number of allylic oxidation sites excluding steroid dienone is 1. The summed E-state index contributed by atoms with van der Waals surface area (Å²) in [6.07, 6.45) is 1.70. The Morgan fingerprint density at radius 2 is 1.85 bits per heavy atom. The van der Waals surface area contributed by atoms with Gasteiger partial charge in [0, 0.05) is 40.9 Å². The van der Waals surface area contributed by atoms with Crippen molar-refractivity contribution in [3.05, 3.63) is 87.1 Å². The number of halogens is 1. The highest BCUT2D eigenvalue weighted by molar-refractivity contribution is 6.30. The Morgan fingerprint density at radius 3 is 2.59 bits per heavy atom. The molecular formula is C27H24ClNO5. The van der Waals surface area contributed by atoms with Gasteiger partial charge in [-0.1, -0.05) is 23.7 Å². The molecule has 174 valence electrons. The Labute approximate surface area is 203 Å². The summed E-state index contributed by atoms with van der Waals surface area (Å²) in [5.41, 5.74) is 4.22. The van der Waals surface area contributed by atoms with Crippen LogP contribution in [0.1, 0.15) is 32.6 Å². The average molecular weight is 478 g/mol. The van der Waals surface area contributed by atoms with E-state index in [4.69, 9.17) is 30.5 Å². The highest BCUT2D eigenvalue weighted by atomic mass is 35.5. The second-order valence-corrected chi connectivity index (χ2v) is 8.74. The van der Waals surface area contributed by atoms with Crippen molar-refractivity contribution in [2.45, 2.75) is 20.0 Å². The molecule has 2 heterocycles. The van der Waals surface area contributed by atoms with Gasteiger partial charge in [0.15, 0.2) is 5.76 Å². The molecule has 0 aliphatic carbocycles. The second-order valence-electron chi connectivity index (χ2n) is 8.30. The summed E-state index contributed by atoms with van der Waals surface area (Å²) in [6, 6.07) is 15.1. The van der Waals surface area contributed by atoms with E-state index in [0.29, 0.717) is 41.1 Å². The van der Waals surface area contributed by atoms with Crippen molar-refractivity contribution in [3.8, 4) is 23.0 Å². The number of benzene rings is 3. The first-order chi connectivity index (χ1) is 16.5. The molecular weight excluding hydrogens is 454 g/mol. The molecule has 3 aromatic rings. The fraction of sp³-hybridized carbons (Fsp3) is 0.222. The maximum absolute atomic E-state index is 13.2. The van der Waals surface area contributed by atoms with Crippen molar-refractivity contribution in [1.82, 2.24) is 4.90 Å². The van der Waals surface area contributed by atoms with Crippen LogP contribution in [0.5, 0.6) is 23.0 Å². The smallest absolute Gasteiger partial charge is 0.231 e. The number of carbonyl (C=O) groups is 1. The Kier molecular flexibility index (Phi) is 5.94. The van der Waals surface area contributed by atoms with Crippen molar-refractivity contribution in [2.75, 3.05) is 21.0 Å². The molecule has 34 heavy (non-hydrogen) atoms. The number of methoxy groups -OCH3 is 2. The van der Waals surface area contributed by atoms with Gasteiger partial charge in [-0.15, -0.1) is 0 Å². The minimum absolute atomic E-state index is 0.159. The molecule has 0 unspecified atom stereocenters. The van der Waals surface area contributed by atoms with Crippen molar-refractivity contribution in [3.63, 3.8) is 0 Å². The lowest BCUT2D eigenvalue weighted by molar-refractivity contribution is 0.0876. The number of rotatable bonds is 5. The molecule has 0 saturated heterocycles. The number of fused-ring (bicyclic) bond motifs is 2. The topological polar surface area (TPSA) is 57.2 Å². The van der Waals surface area contributed by atoms with Crippen LogP contribution in [0.25, 0.3) is 6.08 Å². The van der Waals surface area contributed by atoms with Gasteiger partial charge in [-0.3, -0.25) is 9.69 Å². The average Bonchev–Trinajstić information content (AvgIpc) is 3.16. The monoisotopic (exact) mass is 477 g/mol. The third-order valence-electron chi connectivity index (χ3n) is 6.05. The van der Waals surface area contributed by atoms with Crippen LogP contribution in [0.4, 0.5) is 0 Å². The first kappa shape index (κ1) is 22.3. The molecule has 5 rings (SSSR count). The maximum Gasteiger partial charge on any atom is 0.231 e.